The number of aliphatic hydroxyl groups excluding tert-OH is 2. The van der Waals surface area contributed by atoms with E-state index in [1.54, 1.807) is 0 Å². The van der Waals surface area contributed by atoms with Crippen LogP contribution in [0.25, 0.3) is 0 Å². The highest BCUT2D eigenvalue weighted by Crippen LogP contribution is 2.35. The van der Waals surface area contributed by atoms with Crippen LogP contribution in [0.3, 0.4) is 0 Å². The van der Waals surface area contributed by atoms with E-state index >= 15 is 0 Å². The fourth-order valence-corrected chi connectivity index (χ4v) is 2.23. The monoisotopic (exact) mass is 240 g/mol. The lowest BCUT2D eigenvalue weighted by molar-refractivity contribution is -0.0282. The fraction of sp³-hybridized carbons (Fsp3) is 0.556. The number of hydrogen-bond acceptors (Lipinski definition) is 6. The molecule has 0 aromatic carbocycles. The van der Waals surface area contributed by atoms with E-state index in [1.807, 2.05) is 0 Å². The van der Waals surface area contributed by atoms with Gasteiger partial charge in [0, 0.05) is 6.54 Å². The predicted molar refractivity (Wildman–Crippen MR) is 55.2 cm³/mol. The summed E-state index contributed by atoms with van der Waals surface area (Å²) in [6, 6.07) is 0. The zero-order valence-corrected chi connectivity index (χ0v) is 8.78. The van der Waals surface area contributed by atoms with Gasteiger partial charge in [-0.2, -0.15) is 0 Å². The van der Waals surface area contributed by atoms with Gasteiger partial charge in [0.05, 0.1) is 6.33 Å². The van der Waals surface area contributed by atoms with Gasteiger partial charge in [-0.3, -0.25) is 9.36 Å². The Morgan fingerprint density at radius 1 is 1.59 bits per heavy atom. The topological polar surface area (TPSA) is 123 Å². The molecule has 17 heavy (non-hydrogen) atoms. The summed E-state index contributed by atoms with van der Waals surface area (Å²) in [5.41, 5.74) is 5.29. The van der Waals surface area contributed by atoms with Gasteiger partial charge >= 0.3 is 0 Å². The Balaban J connectivity index is 2.07. The SMILES string of the molecule is NC(=O)c1ncn2c1NC[C@H]1O[C@H]2C(O)[C@H]1O. The number of fused-ring (bicyclic) bond motifs is 4. The van der Waals surface area contributed by atoms with Crippen molar-refractivity contribution in [1.29, 1.82) is 0 Å². The quantitative estimate of drug-likeness (QED) is 0.451. The Labute approximate surface area is 96.0 Å². The highest BCUT2D eigenvalue weighted by atomic mass is 16.6. The van der Waals surface area contributed by atoms with Crippen molar-refractivity contribution in [1.82, 2.24) is 9.55 Å². The molecule has 4 atom stereocenters. The lowest BCUT2D eigenvalue weighted by Crippen LogP contribution is -2.37. The number of ether oxygens (including phenoxy) is 1. The Bertz CT molecular complexity index is 474. The zero-order chi connectivity index (χ0) is 12.2. The van der Waals surface area contributed by atoms with Crippen LogP contribution in [0.15, 0.2) is 6.33 Å². The number of rotatable bonds is 1. The number of nitrogens with zero attached hydrogens (tertiary/aromatic N) is 2. The Hall–Kier alpha value is -1.64. The molecule has 2 bridgehead atoms. The molecule has 0 radical (unpaired) electrons. The third kappa shape index (κ3) is 1.35. The van der Waals surface area contributed by atoms with E-state index in [0.29, 0.717) is 5.82 Å². The second kappa shape index (κ2) is 3.42. The molecule has 3 rings (SSSR count). The number of carbonyl (C=O) groups is 1. The van der Waals surface area contributed by atoms with Gasteiger partial charge in [0.1, 0.15) is 24.1 Å². The van der Waals surface area contributed by atoms with Crippen LogP contribution in [0, 0.1) is 0 Å². The molecule has 2 aliphatic heterocycles. The number of primary amides is 1. The van der Waals surface area contributed by atoms with E-state index in [2.05, 4.69) is 10.3 Å². The predicted octanol–water partition coefficient (Wildman–Crippen LogP) is -1.97. The van der Waals surface area contributed by atoms with Gasteiger partial charge in [-0.05, 0) is 0 Å². The normalized spacial score (nSPS) is 34.9. The number of aliphatic hydroxyl groups is 2. The highest BCUT2D eigenvalue weighted by molar-refractivity contribution is 5.95. The first kappa shape index (κ1) is 10.5. The van der Waals surface area contributed by atoms with Gasteiger partial charge in [0.25, 0.3) is 5.91 Å². The van der Waals surface area contributed by atoms with Crippen molar-refractivity contribution < 1.29 is 19.7 Å². The third-order valence-corrected chi connectivity index (χ3v) is 3.11. The lowest BCUT2D eigenvalue weighted by Gasteiger charge is -2.20. The van der Waals surface area contributed by atoms with Crippen LogP contribution in [0.5, 0.6) is 0 Å². The molecule has 8 heteroatoms. The van der Waals surface area contributed by atoms with Crippen molar-refractivity contribution in [3.05, 3.63) is 12.0 Å². The number of nitrogens with two attached hydrogens (primary N) is 1. The summed E-state index contributed by atoms with van der Waals surface area (Å²) in [5.74, 6) is -0.241. The number of anilines is 1. The van der Waals surface area contributed by atoms with E-state index in [1.165, 1.54) is 10.9 Å². The third-order valence-electron chi connectivity index (χ3n) is 3.11. The maximum Gasteiger partial charge on any atom is 0.271 e. The zero-order valence-electron chi connectivity index (χ0n) is 8.78. The van der Waals surface area contributed by atoms with Crippen molar-refractivity contribution in [2.24, 2.45) is 5.73 Å². The molecule has 0 saturated carbocycles. The molecule has 0 aliphatic carbocycles. The van der Waals surface area contributed by atoms with E-state index in [-0.39, 0.29) is 12.2 Å². The summed E-state index contributed by atoms with van der Waals surface area (Å²) in [5, 5.41) is 22.5. The molecule has 5 N–H and O–H groups in total. The molecule has 3 heterocycles. The summed E-state index contributed by atoms with van der Waals surface area (Å²) < 4.78 is 6.95. The van der Waals surface area contributed by atoms with Crippen LogP contribution < -0.4 is 11.1 Å². The second-order valence-corrected chi connectivity index (χ2v) is 4.14. The summed E-state index contributed by atoms with van der Waals surface area (Å²) in [6.45, 7) is 0.278. The standard InChI is InChI=1S/C9H12N4O4/c10-7(16)4-8-11-1-3-5(14)6(15)9(17-3)13(8)2-12-4/h2-3,5-6,9,11,14-15H,1H2,(H2,10,16)/t3-,5+,6?,9+/m1/s1. The molecule has 2 aliphatic rings. The molecule has 1 aromatic heterocycles. The van der Waals surface area contributed by atoms with Crippen LogP contribution >= 0.6 is 0 Å². The number of nitrogens with one attached hydrogen (secondary N) is 1. The fourth-order valence-electron chi connectivity index (χ4n) is 2.23. The average Bonchev–Trinajstić information content (AvgIpc) is 2.75. The maximum absolute atomic E-state index is 11.2. The van der Waals surface area contributed by atoms with Gasteiger partial charge in [-0.1, -0.05) is 0 Å². The highest BCUT2D eigenvalue weighted by Gasteiger charge is 2.46. The second-order valence-electron chi connectivity index (χ2n) is 4.14. The molecular formula is C9H12N4O4. The summed E-state index contributed by atoms with van der Waals surface area (Å²) >= 11 is 0. The van der Waals surface area contributed by atoms with Crippen molar-refractivity contribution in [2.75, 3.05) is 11.9 Å². The summed E-state index contributed by atoms with van der Waals surface area (Å²) in [4.78, 5) is 15.0. The van der Waals surface area contributed by atoms with Gasteiger partial charge in [-0.25, -0.2) is 4.98 Å². The van der Waals surface area contributed by atoms with E-state index in [0.717, 1.165) is 0 Å². The van der Waals surface area contributed by atoms with Crippen LogP contribution in [0.4, 0.5) is 5.82 Å². The van der Waals surface area contributed by atoms with Crippen LogP contribution in [-0.2, 0) is 4.74 Å². The van der Waals surface area contributed by atoms with Gasteiger partial charge in [0.2, 0.25) is 0 Å². The molecule has 1 amide bonds. The molecule has 92 valence electrons. The molecular weight excluding hydrogens is 228 g/mol. The van der Waals surface area contributed by atoms with E-state index < -0.39 is 30.4 Å². The first-order valence-corrected chi connectivity index (χ1v) is 5.21. The first-order chi connectivity index (χ1) is 8.09. The molecule has 1 aromatic rings. The number of hydrogen-bond donors (Lipinski definition) is 4. The van der Waals surface area contributed by atoms with Crippen molar-refractivity contribution in [3.63, 3.8) is 0 Å². The van der Waals surface area contributed by atoms with E-state index in [4.69, 9.17) is 10.5 Å². The van der Waals surface area contributed by atoms with Gasteiger partial charge in [-0.15, -0.1) is 0 Å². The van der Waals surface area contributed by atoms with Crippen molar-refractivity contribution in [3.8, 4) is 0 Å². The minimum atomic E-state index is -1.05. The van der Waals surface area contributed by atoms with Crippen LogP contribution in [-0.4, -0.2) is 50.5 Å². The largest absolute Gasteiger partial charge is 0.387 e. The van der Waals surface area contributed by atoms with Crippen molar-refractivity contribution in [2.45, 2.75) is 24.5 Å². The number of carbonyl (C=O) groups excluding carboxylic acids is 1. The Morgan fingerprint density at radius 3 is 3.06 bits per heavy atom. The molecule has 1 fully saturated rings. The van der Waals surface area contributed by atoms with Gasteiger partial charge < -0.3 is 26.0 Å². The molecule has 1 saturated heterocycles. The van der Waals surface area contributed by atoms with Crippen molar-refractivity contribution >= 4 is 11.7 Å². The molecule has 8 nitrogen and oxygen atoms in total. The number of aromatic nitrogens is 2. The minimum Gasteiger partial charge on any atom is -0.387 e. The average molecular weight is 240 g/mol. The molecule has 0 spiro atoms. The minimum absolute atomic E-state index is 0.0999. The first-order valence-electron chi connectivity index (χ1n) is 5.21. The Kier molecular flexibility index (Phi) is 2.12. The Morgan fingerprint density at radius 2 is 2.35 bits per heavy atom. The van der Waals surface area contributed by atoms with Gasteiger partial charge in [0.15, 0.2) is 11.9 Å². The van der Waals surface area contributed by atoms with Crippen LogP contribution in [0.1, 0.15) is 16.7 Å². The smallest absolute Gasteiger partial charge is 0.271 e. The summed E-state index contributed by atoms with van der Waals surface area (Å²) in [6.07, 6.45) is -1.91. The number of imidazole rings is 1. The van der Waals surface area contributed by atoms with Crippen LogP contribution in [0.2, 0.25) is 0 Å². The molecule has 1 unspecified atom stereocenters. The van der Waals surface area contributed by atoms with E-state index in [9.17, 15) is 15.0 Å². The summed E-state index contributed by atoms with van der Waals surface area (Å²) in [7, 11) is 0. The maximum atomic E-state index is 11.2. The number of amides is 1. The lowest BCUT2D eigenvalue weighted by atomic mass is 10.1.